The van der Waals surface area contributed by atoms with Crippen LogP contribution in [-0.4, -0.2) is 22.0 Å². The number of nitrogens with zero attached hydrogens (tertiary/aromatic N) is 2. The highest BCUT2D eigenvalue weighted by atomic mass is 16.4. The highest BCUT2D eigenvalue weighted by molar-refractivity contribution is 6.07. The summed E-state index contributed by atoms with van der Waals surface area (Å²) in [5, 5.41) is 23.3. The number of carbonyl (C=O) groups is 2. The minimum atomic E-state index is -1.10. The fourth-order valence-electron chi connectivity index (χ4n) is 1.78. The van der Waals surface area contributed by atoms with E-state index in [2.05, 4.69) is 15.6 Å². The summed E-state index contributed by atoms with van der Waals surface area (Å²) in [6, 6.07) is 11.1. The van der Waals surface area contributed by atoms with Crippen LogP contribution in [0.2, 0.25) is 0 Å². The number of aromatic nitrogens is 1. The Morgan fingerprint density at radius 2 is 2.08 bits per heavy atom. The first kappa shape index (κ1) is 16.7. The highest BCUT2D eigenvalue weighted by Crippen LogP contribution is 2.12. The minimum Gasteiger partial charge on any atom is -0.478 e. The van der Waals surface area contributed by atoms with E-state index in [4.69, 9.17) is 10.4 Å². The molecule has 0 saturated carbocycles. The molecule has 3 N–H and O–H groups in total. The topological polar surface area (TPSA) is 115 Å². The second-order valence-corrected chi connectivity index (χ2v) is 4.88. The lowest BCUT2D eigenvalue weighted by molar-refractivity contribution is -0.112. The van der Waals surface area contributed by atoms with Crippen molar-refractivity contribution in [3.8, 4) is 6.07 Å². The average molecular weight is 322 g/mol. The smallest absolute Gasteiger partial charge is 0.335 e. The molecule has 0 saturated heterocycles. The molecule has 1 amide bonds. The maximum Gasteiger partial charge on any atom is 0.335 e. The molecule has 0 aliphatic rings. The van der Waals surface area contributed by atoms with Crippen molar-refractivity contribution >= 4 is 23.4 Å². The van der Waals surface area contributed by atoms with Gasteiger partial charge in [0.05, 0.1) is 5.56 Å². The third-order valence-corrected chi connectivity index (χ3v) is 3.01. The van der Waals surface area contributed by atoms with Gasteiger partial charge in [0.2, 0.25) is 0 Å². The maximum atomic E-state index is 12.1. The van der Waals surface area contributed by atoms with Crippen LogP contribution in [0.3, 0.4) is 0 Å². The zero-order valence-corrected chi connectivity index (χ0v) is 12.8. The summed E-state index contributed by atoms with van der Waals surface area (Å²) in [5.74, 6) is -1.26. The molecule has 0 bridgehead atoms. The van der Waals surface area contributed by atoms with Crippen LogP contribution >= 0.6 is 0 Å². The Hall–Kier alpha value is -3.66. The van der Waals surface area contributed by atoms with E-state index in [1.807, 2.05) is 13.0 Å². The van der Waals surface area contributed by atoms with Crippen molar-refractivity contribution in [1.29, 1.82) is 5.26 Å². The molecule has 0 fully saturated rings. The summed E-state index contributed by atoms with van der Waals surface area (Å²) in [5.41, 5.74) is 1.14. The van der Waals surface area contributed by atoms with Crippen LogP contribution in [0.4, 0.5) is 11.5 Å². The molecule has 0 spiro atoms. The Balaban J connectivity index is 2.10. The van der Waals surface area contributed by atoms with Crippen LogP contribution in [0.1, 0.15) is 15.9 Å². The molecule has 1 aromatic heterocycles. The minimum absolute atomic E-state index is 0.0391. The van der Waals surface area contributed by atoms with E-state index < -0.39 is 11.9 Å². The van der Waals surface area contributed by atoms with Gasteiger partial charge in [0, 0.05) is 18.1 Å². The van der Waals surface area contributed by atoms with Crippen molar-refractivity contribution in [2.45, 2.75) is 6.92 Å². The molecule has 0 unspecified atom stereocenters. The van der Waals surface area contributed by atoms with E-state index in [1.165, 1.54) is 30.5 Å². The SMILES string of the molecule is Cc1ccc(N/C=C(/C#N)C(=O)Nc2cccc(C(=O)O)c2)nc1. The molecule has 1 heterocycles. The number of hydrogen-bond donors (Lipinski definition) is 3. The van der Waals surface area contributed by atoms with Crippen molar-refractivity contribution in [1.82, 2.24) is 4.98 Å². The molecular weight excluding hydrogens is 308 g/mol. The first-order chi connectivity index (χ1) is 11.5. The number of pyridine rings is 1. The van der Waals surface area contributed by atoms with Crippen LogP contribution in [0.15, 0.2) is 54.4 Å². The molecule has 7 heteroatoms. The van der Waals surface area contributed by atoms with E-state index in [0.717, 1.165) is 5.56 Å². The van der Waals surface area contributed by atoms with Crippen LogP contribution < -0.4 is 10.6 Å². The van der Waals surface area contributed by atoms with Crippen LogP contribution in [0.25, 0.3) is 0 Å². The fourth-order valence-corrected chi connectivity index (χ4v) is 1.78. The van der Waals surface area contributed by atoms with Gasteiger partial charge >= 0.3 is 5.97 Å². The Kier molecular flexibility index (Phi) is 5.26. The Morgan fingerprint density at radius 3 is 2.71 bits per heavy atom. The van der Waals surface area contributed by atoms with Crippen LogP contribution in [0, 0.1) is 18.3 Å². The summed E-state index contributed by atoms with van der Waals surface area (Å²) in [7, 11) is 0. The number of aromatic carboxylic acids is 1. The van der Waals surface area contributed by atoms with Gasteiger partial charge in [-0.05, 0) is 36.8 Å². The molecular formula is C17H14N4O3. The lowest BCUT2D eigenvalue weighted by Crippen LogP contribution is -2.15. The van der Waals surface area contributed by atoms with Crippen molar-refractivity contribution in [2.24, 2.45) is 0 Å². The normalized spacial score (nSPS) is 10.6. The van der Waals surface area contributed by atoms with E-state index in [0.29, 0.717) is 5.82 Å². The summed E-state index contributed by atoms with van der Waals surface area (Å²) in [4.78, 5) is 27.1. The van der Waals surface area contributed by atoms with E-state index in [9.17, 15) is 9.59 Å². The van der Waals surface area contributed by atoms with E-state index in [1.54, 1.807) is 18.3 Å². The average Bonchev–Trinajstić information content (AvgIpc) is 2.57. The zero-order valence-electron chi connectivity index (χ0n) is 12.8. The number of nitriles is 1. The monoisotopic (exact) mass is 322 g/mol. The second kappa shape index (κ2) is 7.56. The number of carboxylic acids is 1. The Labute approximate surface area is 138 Å². The predicted molar refractivity (Wildman–Crippen MR) is 88.3 cm³/mol. The Bertz CT molecular complexity index is 836. The summed E-state index contributed by atoms with van der Waals surface area (Å²) in [6.45, 7) is 1.89. The molecule has 7 nitrogen and oxygen atoms in total. The number of anilines is 2. The van der Waals surface area contributed by atoms with Crippen molar-refractivity contribution < 1.29 is 14.7 Å². The molecule has 1 aromatic carbocycles. The number of hydrogen-bond acceptors (Lipinski definition) is 5. The standard InChI is InChI=1S/C17H14N4O3/c1-11-5-6-15(19-9-11)20-10-13(8-18)16(22)21-14-4-2-3-12(7-14)17(23)24/h2-7,9-10H,1H3,(H,19,20)(H,21,22)(H,23,24)/b13-10-. The van der Waals surface area contributed by atoms with Gasteiger partial charge in [0.15, 0.2) is 0 Å². The molecule has 0 aliphatic carbocycles. The van der Waals surface area contributed by atoms with Crippen molar-refractivity contribution in [3.05, 3.63) is 65.5 Å². The lowest BCUT2D eigenvalue weighted by Gasteiger charge is -2.06. The van der Waals surface area contributed by atoms with Gasteiger partial charge in [-0.15, -0.1) is 0 Å². The van der Waals surface area contributed by atoms with Crippen molar-refractivity contribution in [3.63, 3.8) is 0 Å². The van der Waals surface area contributed by atoms with Gasteiger partial charge in [-0.1, -0.05) is 12.1 Å². The molecule has 120 valence electrons. The van der Waals surface area contributed by atoms with E-state index >= 15 is 0 Å². The summed E-state index contributed by atoms with van der Waals surface area (Å²) >= 11 is 0. The number of amides is 1. The quantitative estimate of drug-likeness (QED) is 0.575. The van der Waals surface area contributed by atoms with Gasteiger partial charge in [-0.25, -0.2) is 9.78 Å². The van der Waals surface area contributed by atoms with Crippen LogP contribution in [-0.2, 0) is 4.79 Å². The molecule has 0 radical (unpaired) electrons. The van der Waals surface area contributed by atoms with Gasteiger partial charge < -0.3 is 15.7 Å². The zero-order chi connectivity index (χ0) is 17.5. The molecule has 0 aliphatic heterocycles. The lowest BCUT2D eigenvalue weighted by atomic mass is 10.2. The van der Waals surface area contributed by atoms with Crippen molar-refractivity contribution in [2.75, 3.05) is 10.6 Å². The Morgan fingerprint density at radius 1 is 1.29 bits per heavy atom. The number of rotatable bonds is 5. The maximum absolute atomic E-state index is 12.1. The highest BCUT2D eigenvalue weighted by Gasteiger charge is 2.11. The predicted octanol–water partition coefficient (Wildman–Crippen LogP) is 2.55. The van der Waals surface area contributed by atoms with Gasteiger partial charge in [-0.3, -0.25) is 4.79 Å². The molecule has 0 atom stereocenters. The number of carbonyl (C=O) groups excluding carboxylic acids is 1. The third kappa shape index (κ3) is 4.42. The summed E-state index contributed by atoms with van der Waals surface area (Å²) < 4.78 is 0. The number of aryl methyl sites for hydroxylation is 1. The second-order valence-electron chi connectivity index (χ2n) is 4.88. The molecule has 2 rings (SSSR count). The first-order valence-corrected chi connectivity index (χ1v) is 6.94. The molecule has 24 heavy (non-hydrogen) atoms. The van der Waals surface area contributed by atoms with Gasteiger partial charge in [0.25, 0.3) is 5.91 Å². The summed E-state index contributed by atoms with van der Waals surface area (Å²) in [6.07, 6.45) is 2.90. The van der Waals surface area contributed by atoms with Crippen LogP contribution in [0.5, 0.6) is 0 Å². The van der Waals surface area contributed by atoms with Gasteiger partial charge in [-0.2, -0.15) is 5.26 Å². The number of benzene rings is 1. The third-order valence-electron chi connectivity index (χ3n) is 3.01. The first-order valence-electron chi connectivity index (χ1n) is 6.94. The number of carboxylic acid groups (broad SMARTS) is 1. The largest absolute Gasteiger partial charge is 0.478 e. The van der Waals surface area contributed by atoms with Gasteiger partial charge in [0.1, 0.15) is 17.5 Å². The fraction of sp³-hybridized carbons (Fsp3) is 0.0588. The van der Waals surface area contributed by atoms with E-state index in [-0.39, 0.29) is 16.8 Å². The number of nitrogens with one attached hydrogen (secondary N) is 2. The molecule has 2 aromatic rings.